The number of thioether (sulfide) groups is 1. The minimum Gasteiger partial charge on any atom is -0.508 e. The monoisotopic (exact) mass is 585 g/mol. The molecule has 2 aromatic heterocycles. The number of phenols is 2. The zero-order valence-corrected chi connectivity index (χ0v) is 25.4. The molecule has 9 nitrogen and oxygen atoms in total. The summed E-state index contributed by atoms with van der Waals surface area (Å²) in [6, 6.07) is 18.8. The highest BCUT2D eigenvalue weighted by molar-refractivity contribution is 7.98. The average Bonchev–Trinajstić information content (AvgIpc) is 3.50. The second-order valence-electron chi connectivity index (χ2n) is 11.5. The third kappa shape index (κ3) is 6.08. The summed E-state index contributed by atoms with van der Waals surface area (Å²) in [6.45, 7) is 9.42. The van der Waals surface area contributed by atoms with Crippen molar-refractivity contribution in [2.75, 3.05) is 5.32 Å². The van der Waals surface area contributed by atoms with Crippen LogP contribution in [0.3, 0.4) is 0 Å². The molecule has 5 aromatic rings. The van der Waals surface area contributed by atoms with E-state index in [1.807, 2.05) is 94.9 Å². The van der Waals surface area contributed by atoms with E-state index in [0.717, 1.165) is 22.2 Å². The van der Waals surface area contributed by atoms with Crippen LogP contribution in [-0.2, 0) is 17.5 Å². The Morgan fingerprint density at radius 2 is 1.79 bits per heavy atom. The standard InChI is InChI=1S/C32H35N5O4S/c1-19(2)23-16-24(28(39)17-27(23)38)29-34-35-30(37(29)22-11-12-26-20(15-22)13-14-36(26)6)42-18-21-9-7-8-10-25(21)33-31(40)41-32(3,4)5/h7-17,19,38-39H,18H2,1-6H3,(H,33,40). The van der Waals surface area contributed by atoms with Crippen molar-refractivity contribution in [3.05, 3.63) is 78.0 Å². The molecule has 0 bridgehead atoms. The summed E-state index contributed by atoms with van der Waals surface area (Å²) in [5.41, 5.74) is 4.00. The Hall–Kier alpha value is -4.44. The normalized spacial score (nSPS) is 11.8. The highest BCUT2D eigenvalue weighted by Crippen LogP contribution is 2.40. The first-order chi connectivity index (χ1) is 19.9. The van der Waals surface area contributed by atoms with Crippen molar-refractivity contribution in [3.8, 4) is 28.6 Å². The number of carbonyl (C=O) groups excluding carboxylic acids is 1. The molecule has 0 aliphatic rings. The number of ether oxygens (including phenoxy) is 1. The number of nitrogens with one attached hydrogen (secondary N) is 1. The number of hydrogen-bond acceptors (Lipinski definition) is 7. The molecule has 0 radical (unpaired) electrons. The van der Waals surface area contributed by atoms with Crippen LogP contribution in [0, 0.1) is 0 Å². The molecule has 0 unspecified atom stereocenters. The van der Waals surface area contributed by atoms with Crippen LogP contribution in [0.4, 0.5) is 10.5 Å². The number of nitrogens with zero attached hydrogens (tertiary/aromatic N) is 4. The average molecular weight is 586 g/mol. The molecule has 0 spiro atoms. The highest BCUT2D eigenvalue weighted by Gasteiger charge is 2.23. The van der Waals surface area contributed by atoms with Crippen LogP contribution in [0.5, 0.6) is 11.5 Å². The number of amides is 1. The van der Waals surface area contributed by atoms with Crippen LogP contribution in [0.25, 0.3) is 28.0 Å². The van der Waals surface area contributed by atoms with Crippen LogP contribution in [0.15, 0.2) is 72.0 Å². The van der Waals surface area contributed by atoms with E-state index in [1.54, 1.807) is 6.07 Å². The molecule has 5 rings (SSSR count). The summed E-state index contributed by atoms with van der Waals surface area (Å²) in [4.78, 5) is 12.5. The number of anilines is 1. The number of aromatic hydroxyl groups is 2. The Morgan fingerprint density at radius 3 is 2.52 bits per heavy atom. The molecular weight excluding hydrogens is 550 g/mol. The van der Waals surface area contributed by atoms with Gasteiger partial charge in [0.2, 0.25) is 0 Å². The number of hydrogen-bond donors (Lipinski definition) is 3. The van der Waals surface area contributed by atoms with Gasteiger partial charge < -0.3 is 19.5 Å². The zero-order valence-electron chi connectivity index (χ0n) is 24.5. The predicted octanol–water partition coefficient (Wildman–Crippen LogP) is 7.60. The number of aromatic nitrogens is 4. The van der Waals surface area contributed by atoms with Crippen LogP contribution in [-0.4, -0.2) is 41.2 Å². The second-order valence-corrected chi connectivity index (χ2v) is 12.4. The molecule has 0 saturated carbocycles. The van der Waals surface area contributed by atoms with Gasteiger partial charge in [-0.1, -0.05) is 43.8 Å². The smallest absolute Gasteiger partial charge is 0.412 e. The number of carbonyl (C=O) groups is 1. The summed E-state index contributed by atoms with van der Waals surface area (Å²) >= 11 is 1.46. The van der Waals surface area contributed by atoms with Gasteiger partial charge in [0.25, 0.3) is 0 Å². The molecule has 3 aromatic carbocycles. The lowest BCUT2D eigenvalue weighted by molar-refractivity contribution is 0.0635. The van der Waals surface area contributed by atoms with Crippen LogP contribution in [0.2, 0.25) is 0 Å². The van der Waals surface area contributed by atoms with Gasteiger partial charge in [-0.2, -0.15) is 0 Å². The second kappa shape index (κ2) is 11.4. The zero-order chi connectivity index (χ0) is 30.2. The van der Waals surface area contributed by atoms with Gasteiger partial charge in [0.15, 0.2) is 11.0 Å². The van der Waals surface area contributed by atoms with E-state index >= 15 is 0 Å². The Bertz CT molecular complexity index is 1770. The van der Waals surface area contributed by atoms with Gasteiger partial charge in [-0.25, -0.2) is 4.79 Å². The maximum Gasteiger partial charge on any atom is 0.412 e. The fourth-order valence-corrected chi connectivity index (χ4v) is 5.69. The van der Waals surface area contributed by atoms with E-state index in [2.05, 4.69) is 26.1 Å². The lowest BCUT2D eigenvalue weighted by Gasteiger charge is -2.20. The number of para-hydroxylation sites is 1. The van der Waals surface area contributed by atoms with Gasteiger partial charge in [-0.05, 0) is 74.2 Å². The Balaban J connectivity index is 1.55. The molecule has 0 aliphatic heterocycles. The highest BCUT2D eigenvalue weighted by atomic mass is 32.2. The Kier molecular flexibility index (Phi) is 7.92. The van der Waals surface area contributed by atoms with Gasteiger partial charge >= 0.3 is 6.09 Å². The largest absolute Gasteiger partial charge is 0.508 e. The molecule has 218 valence electrons. The van der Waals surface area contributed by atoms with Gasteiger partial charge in [-0.3, -0.25) is 9.88 Å². The number of aryl methyl sites for hydroxylation is 1. The van der Waals surface area contributed by atoms with Crippen molar-refractivity contribution < 1.29 is 19.7 Å². The van der Waals surface area contributed by atoms with Crippen molar-refractivity contribution in [1.29, 1.82) is 0 Å². The van der Waals surface area contributed by atoms with Gasteiger partial charge in [-0.15, -0.1) is 10.2 Å². The predicted molar refractivity (Wildman–Crippen MR) is 167 cm³/mol. The molecule has 0 fully saturated rings. The number of fused-ring (bicyclic) bond motifs is 1. The number of rotatable bonds is 7. The van der Waals surface area contributed by atoms with Crippen LogP contribution >= 0.6 is 11.8 Å². The van der Waals surface area contributed by atoms with Crippen LogP contribution in [0.1, 0.15) is 51.7 Å². The summed E-state index contributed by atoms with van der Waals surface area (Å²) in [6.07, 6.45) is 1.48. The molecular formula is C32H35N5O4S. The van der Waals surface area contributed by atoms with E-state index in [0.29, 0.717) is 33.5 Å². The van der Waals surface area contributed by atoms with Crippen LogP contribution < -0.4 is 5.32 Å². The maximum absolute atomic E-state index is 12.5. The third-order valence-electron chi connectivity index (χ3n) is 6.78. The minimum atomic E-state index is -0.615. The topological polar surface area (TPSA) is 114 Å². The first-order valence-corrected chi connectivity index (χ1v) is 14.7. The lowest BCUT2D eigenvalue weighted by Crippen LogP contribution is -2.27. The van der Waals surface area contributed by atoms with Crippen molar-refractivity contribution in [1.82, 2.24) is 19.3 Å². The molecule has 10 heteroatoms. The van der Waals surface area contributed by atoms with Crippen molar-refractivity contribution in [2.24, 2.45) is 7.05 Å². The molecule has 0 saturated heterocycles. The quantitative estimate of drug-likeness (QED) is 0.169. The molecule has 0 atom stereocenters. The first kappa shape index (κ1) is 29.1. The van der Waals surface area contributed by atoms with Crippen molar-refractivity contribution >= 4 is 34.4 Å². The van der Waals surface area contributed by atoms with E-state index < -0.39 is 11.7 Å². The van der Waals surface area contributed by atoms with Crippen molar-refractivity contribution in [2.45, 2.75) is 57.0 Å². The molecule has 3 N–H and O–H groups in total. The van der Waals surface area contributed by atoms with Gasteiger partial charge in [0, 0.05) is 41.7 Å². The Morgan fingerprint density at radius 1 is 1.02 bits per heavy atom. The number of benzene rings is 3. The minimum absolute atomic E-state index is 0.0317. The molecule has 2 heterocycles. The van der Waals surface area contributed by atoms with E-state index in [-0.39, 0.29) is 17.4 Å². The number of phenolic OH excluding ortho intramolecular Hbond substituents is 2. The van der Waals surface area contributed by atoms with E-state index in [1.165, 1.54) is 17.8 Å². The van der Waals surface area contributed by atoms with Crippen molar-refractivity contribution in [3.63, 3.8) is 0 Å². The Labute approximate surface area is 249 Å². The van der Waals surface area contributed by atoms with E-state index in [9.17, 15) is 15.0 Å². The first-order valence-electron chi connectivity index (χ1n) is 13.7. The third-order valence-corrected chi connectivity index (χ3v) is 7.76. The van der Waals surface area contributed by atoms with Gasteiger partial charge in [0.1, 0.15) is 17.1 Å². The van der Waals surface area contributed by atoms with Gasteiger partial charge in [0.05, 0.1) is 11.3 Å². The maximum atomic E-state index is 12.5. The molecule has 1 amide bonds. The SMILES string of the molecule is CC(C)c1cc(-c2nnc(SCc3ccccc3NC(=O)OC(C)(C)C)n2-c2ccc3c(ccn3C)c2)c(O)cc1O. The molecule has 42 heavy (non-hydrogen) atoms. The lowest BCUT2D eigenvalue weighted by atomic mass is 9.98. The van der Waals surface area contributed by atoms with E-state index in [4.69, 9.17) is 4.74 Å². The molecule has 0 aliphatic carbocycles. The fourth-order valence-electron chi connectivity index (χ4n) is 4.74. The summed E-state index contributed by atoms with van der Waals surface area (Å²) in [5.74, 6) is 0.911. The summed E-state index contributed by atoms with van der Waals surface area (Å²) in [7, 11) is 2.00. The summed E-state index contributed by atoms with van der Waals surface area (Å²) < 4.78 is 9.41. The summed E-state index contributed by atoms with van der Waals surface area (Å²) in [5, 5.41) is 34.9. The fraction of sp³-hybridized carbons (Fsp3) is 0.281.